The molecule has 2 unspecified atom stereocenters. The number of rotatable bonds is 8. The van der Waals surface area contributed by atoms with Gasteiger partial charge in [-0.3, -0.25) is 4.68 Å². The van der Waals surface area contributed by atoms with Crippen LogP contribution >= 0.6 is 0 Å². The lowest BCUT2D eigenvalue weighted by Gasteiger charge is -2.22. The molecule has 4 nitrogen and oxygen atoms in total. The number of aromatic nitrogens is 3. The molecule has 0 saturated heterocycles. The van der Waals surface area contributed by atoms with Crippen molar-refractivity contribution < 1.29 is 0 Å². The van der Waals surface area contributed by atoms with E-state index in [1.165, 1.54) is 25.7 Å². The Kier molecular flexibility index (Phi) is 6.08. The highest BCUT2D eigenvalue weighted by Crippen LogP contribution is 2.05. The smallest absolute Gasteiger partial charge is 0.137 e. The molecule has 0 amide bonds. The molecule has 16 heavy (non-hydrogen) atoms. The van der Waals surface area contributed by atoms with E-state index in [1.54, 1.807) is 12.7 Å². The Bertz CT molecular complexity index is 258. The van der Waals surface area contributed by atoms with Crippen molar-refractivity contribution >= 4 is 0 Å². The number of unbranched alkanes of at least 4 members (excludes halogenated alkanes) is 1. The molecule has 0 aromatic carbocycles. The SMILES string of the molecule is CCCCC(CC)NC(C)Cn1cncn1. The fourth-order valence-corrected chi connectivity index (χ4v) is 1.92. The Morgan fingerprint density at radius 1 is 1.38 bits per heavy atom. The minimum atomic E-state index is 0.448. The Morgan fingerprint density at radius 3 is 2.75 bits per heavy atom. The molecule has 1 heterocycles. The van der Waals surface area contributed by atoms with Gasteiger partial charge in [0.1, 0.15) is 12.7 Å². The molecule has 1 aromatic heterocycles. The molecule has 2 atom stereocenters. The first-order valence-electron chi connectivity index (χ1n) is 6.34. The van der Waals surface area contributed by atoms with E-state index in [1.807, 2.05) is 4.68 Å². The summed E-state index contributed by atoms with van der Waals surface area (Å²) in [6, 6.07) is 1.09. The molecular weight excluding hydrogens is 200 g/mol. The Labute approximate surface area is 98.5 Å². The first-order chi connectivity index (χ1) is 7.76. The van der Waals surface area contributed by atoms with Crippen molar-refractivity contribution in [1.82, 2.24) is 20.1 Å². The molecule has 0 aliphatic rings. The van der Waals surface area contributed by atoms with Gasteiger partial charge in [-0.25, -0.2) is 4.98 Å². The summed E-state index contributed by atoms with van der Waals surface area (Å²) in [7, 11) is 0. The summed E-state index contributed by atoms with van der Waals surface area (Å²) < 4.78 is 1.88. The van der Waals surface area contributed by atoms with Gasteiger partial charge in [-0.2, -0.15) is 5.10 Å². The van der Waals surface area contributed by atoms with Crippen LogP contribution in [-0.2, 0) is 6.54 Å². The minimum absolute atomic E-state index is 0.448. The highest BCUT2D eigenvalue weighted by Gasteiger charge is 2.10. The molecule has 1 rings (SSSR count). The van der Waals surface area contributed by atoms with Gasteiger partial charge in [-0.05, 0) is 19.8 Å². The van der Waals surface area contributed by atoms with Crippen molar-refractivity contribution in [3.05, 3.63) is 12.7 Å². The van der Waals surface area contributed by atoms with Gasteiger partial charge in [0.05, 0.1) is 6.54 Å². The largest absolute Gasteiger partial charge is 0.310 e. The van der Waals surface area contributed by atoms with Crippen molar-refractivity contribution in [1.29, 1.82) is 0 Å². The van der Waals surface area contributed by atoms with Crippen LogP contribution in [0.4, 0.5) is 0 Å². The zero-order valence-corrected chi connectivity index (χ0v) is 10.7. The molecule has 0 bridgehead atoms. The average Bonchev–Trinajstić information content (AvgIpc) is 2.76. The van der Waals surface area contributed by atoms with Gasteiger partial charge < -0.3 is 5.32 Å². The van der Waals surface area contributed by atoms with Gasteiger partial charge in [0.15, 0.2) is 0 Å². The normalized spacial score (nSPS) is 14.9. The third kappa shape index (κ3) is 4.75. The van der Waals surface area contributed by atoms with Crippen LogP contribution in [0, 0.1) is 0 Å². The first-order valence-corrected chi connectivity index (χ1v) is 6.34. The van der Waals surface area contributed by atoms with Crippen molar-refractivity contribution in [3.8, 4) is 0 Å². The molecule has 0 radical (unpaired) electrons. The van der Waals surface area contributed by atoms with Crippen molar-refractivity contribution in [2.45, 2.75) is 65.1 Å². The van der Waals surface area contributed by atoms with E-state index in [0.29, 0.717) is 12.1 Å². The highest BCUT2D eigenvalue weighted by atomic mass is 15.3. The number of nitrogens with zero attached hydrogens (tertiary/aromatic N) is 3. The van der Waals surface area contributed by atoms with E-state index in [-0.39, 0.29) is 0 Å². The Morgan fingerprint density at radius 2 is 2.19 bits per heavy atom. The average molecular weight is 224 g/mol. The maximum atomic E-state index is 4.12. The van der Waals surface area contributed by atoms with Crippen molar-refractivity contribution in [2.24, 2.45) is 0 Å². The molecule has 0 fully saturated rings. The van der Waals surface area contributed by atoms with Crippen LogP contribution in [-0.4, -0.2) is 26.8 Å². The second-order valence-corrected chi connectivity index (χ2v) is 4.43. The standard InChI is InChI=1S/C12H24N4/c1-4-6-7-12(5-2)15-11(3)8-16-10-13-9-14-16/h9-12,15H,4-8H2,1-3H3. The molecule has 1 aromatic rings. The third-order valence-electron chi connectivity index (χ3n) is 2.85. The molecule has 0 aliphatic carbocycles. The predicted molar refractivity (Wildman–Crippen MR) is 66.2 cm³/mol. The lowest BCUT2D eigenvalue weighted by molar-refractivity contribution is 0.367. The van der Waals surface area contributed by atoms with E-state index in [4.69, 9.17) is 0 Å². The molecule has 0 saturated carbocycles. The van der Waals surface area contributed by atoms with Crippen LogP contribution in [0.25, 0.3) is 0 Å². The quantitative estimate of drug-likeness (QED) is 0.736. The summed E-state index contributed by atoms with van der Waals surface area (Å²) in [5.41, 5.74) is 0. The van der Waals surface area contributed by atoms with Gasteiger partial charge in [-0.1, -0.05) is 26.7 Å². The van der Waals surface area contributed by atoms with E-state index in [0.717, 1.165) is 6.54 Å². The molecule has 0 spiro atoms. The van der Waals surface area contributed by atoms with Crippen LogP contribution in [0.15, 0.2) is 12.7 Å². The van der Waals surface area contributed by atoms with Gasteiger partial charge in [0.2, 0.25) is 0 Å². The van der Waals surface area contributed by atoms with Crippen LogP contribution in [0.5, 0.6) is 0 Å². The first kappa shape index (κ1) is 13.2. The summed E-state index contributed by atoms with van der Waals surface area (Å²) in [4.78, 5) is 3.95. The van der Waals surface area contributed by atoms with Gasteiger partial charge in [0, 0.05) is 12.1 Å². The van der Waals surface area contributed by atoms with E-state index in [9.17, 15) is 0 Å². The fourth-order valence-electron chi connectivity index (χ4n) is 1.92. The number of hydrogen-bond acceptors (Lipinski definition) is 3. The molecule has 1 N–H and O–H groups in total. The van der Waals surface area contributed by atoms with Crippen LogP contribution in [0.3, 0.4) is 0 Å². The molecular formula is C12H24N4. The van der Waals surface area contributed by atoms with Crippen LogP contribution in [0.1, 0.15) is 46.5 Å². The lowest BCUT2D eigenvalue weighted by atomic mass is 10.1. The number of nitrogens with one attached hydrogen (secondary N) is 1. The van der Waals surface area contributed by atoms with Crippen molar-refractivity contribution in [3.63, 3.8) is 0 Å². The Balaban J connectivity index is 2.28. The highest BCUT2D eigenvalue weighted by molar-refractivity contribution is 4.71. The monoisotopic (exact) mass is 224 g/mol. The number of hydrogen-bond donors (Lipinski definition) is 1. The van der Waals surface area contributed by atoms with Crippen LogP contribution in [0.2, 0.25) is 0 Å². The fraction of sp³-hybridized carbons (Fsp3) is 0.833. The van der Waals surface area contributed by atoms with E-state index >= 15 is 0 Å². The maximum Gasteiger partial charge on any atom is 0.137 e. The molecule has 0 aliphatic heterocycles. The van der Waals surface area contributed by atoms with E-state index < -0.39 is 0 Å². The second kappa shape index (κ2) is 7.39. The van der Waals surface area contributed by atoms with E-state index in [2.05, 4.69) is 36.2 Å². The third-order valence-corrected chi connectivity index (χ3v) is 2.85. The zero-order valence-electron chi connectivity index (χ0n) is 10.7. The molecule has 92 valence electrons. The summed E-state index contributed by atoms with van der Waals surface area (Å²) in [5, 5.41) is 7.77. The van der Waals surface area contributed by atoms with Gasteiger partial charge >= 0.3 is 0 Å². The molecule has 4 heteroatoms. The summed E-state index contributed by atoms with van der Waals surface area (Å²) >= 11 is 0. The van der Waals surface area contributed by atoms with Gasteiger partial charge in [-0.15, -0.1) is 0 Å². The summed E-state index contributed by atoms with van der Waals surface area (Å²) in [6.07, 6.45) is 8.40. The lowest BCUT2D eigenvalue weighted by Crippen LogP contribution is -2.38. The van der Waals surface area contributed by atoms with Crippen LogP contribution < -0.4 is 5.32 Å². The summed E-state index contributed by atoms with van der Waals surface area (Å²) in [5.74, 6) is 0. The topological polar surface area (TPSA) is 42.7 Å². The zero-order chi connectivity index (χ0) is 11.8. The summed E-state index contributed by atoms with van der Waals surface area (Å²) in [6.45, 7) is 7.58. The second-order valence-electron chi connectivity index (χ2n) is 4.43. The minimum Gasteiger partial charge on any atom is -0.310 e. The van der Waals surface area contributed by atoms with Gasteiger partial charge in [0.25, 0.3) is 0 Å². The van der Waals surface area contributed by atoms with Crippen molar-refractivity contribution in [2.75, 3.05) is 0 Å². The maximum absolute atomic E-state index is 4.12. The Hall–Kier alpha value is -0.900. The predicted octanol–water partition coefficient (Wildman–Crippen LogP) is 2.23.